The lowest BCUT2D eigenvalue weighted by Crippen LogP contribution is -2.44. The molecular formula is C27H27F3N4O4S. The van der Waals surface area contributed by atoms with Crippen LogP contribution >= 0.6 is 12.2 Å². The Morgan fingerprint density at radius 3 is 2.38 bits per heavy atom. The second-order valence-corrected chi connectivity index (χ2v) is 10.3. The number of ether oxygens (including phenoxy) is 1. The van der Waals surface area contributed by atoms with Crippen LogP contribution in [0.2, 0.25) is 0 Å². The number of anilines is 2. The van der Waals surface area contributed by atoms with Gasteiger partial charge in [0, 0.05) is 31.6 Å². The van der Waals surface area contributed by atoms with E-state index in [0.717, 1.165) is 22.6 Å². The van der Waals surface area contributed by atoms with Gasteiger partial charge in [-0.15, -0.1) is 0 Å². The lowest BCUT2D eigenvalue weighted by molar-refractivity contribution is -0.137. The predicted octanol–water partition coefficient (Wildman–Crippen LogP) is 5.58. The fourth-order valence-corrected chi connectivity index (χ4v) is 5.42. The highest BCUT2D eigenvalue weighted by atomic mass is 32.1. The van der Waals surface area contributed by atoms with Gasteiger partial charge in [0.15, 0.2) is 5.11 Å². The lowest BCUT2D eigenvalue weighted by Gasteiger charge is -2.32. The van der Waals surface area contributed by atoms with E-state index < -0.39 is 34.8 Å². The Balaban J connectivity index is 1.63. The molecule has 2 amide bonds. The Kier molecular flexibility index (Phi) is 7.49. The SMILES string of the molecule is CCc1cc(N2C(=S)N(c3ccc(C#N)c(C(F)(F)F)c3)C(=O)C2(C)C)ccc1OC1CCN(C(=O)O)CC1. The minimum atomic E-state index is -4.78. The van der Waals surface area contributed by atoms with E-state index in [0.29, 0.717) is 43.8 Å². The molecule has 2 aliphatic rings. The molecule has 2 fully saturated rings. The molecule has 0 aromatic heterocycles. The number of amides is 2. The van der Waals surface area contributed by atoms with E-state index in [1.807, 2.05) is 13.0 Å². The van der Waals surface area contributed by atoms with Crippen LogP contribution in [0, 0.1) is 11.3 Å². The molecule has 0 unspecified atom stereocenters. The first-order chi connectivity index (χ1) is 18.3. The van der Waals surface area contributed by atoms with Crippen molar-refractivity contribution in [3.8, 4) is 11.8 Å². The summed E-state index contributed by atoms with van der Waals surface area (Å²) in [6.45, 7) is 6.00. The Morgan fingerprint density at radius 1 is 1.18 bits per heavy atom. The molecule has 206 valence electrons. The minimum Gasteiger partial charge on any atom is -0.490 e. The predicted molar refractivity (Wildman–Crippen MR) is 142 cm³/mol. The summed E-state index contributed by atoms with van der Waals surface area (Å²) in [6.07, 6.45) is -4.15. The highest BCUT2D eigenvalue weighted by Crippen LogP contribution is 2.40. The van der Waals surface area contributed by atoms with Crippen molar-refractivity contribution in [1.82, 2.24) is 4.90 Å². The monoisotopic (exact) mass is 560 g/mol. The van der Waals surface area contributed by atoms with Gasteiger partial charge in [-0.25, -0.2) is 4.79 Å². The molecule has 0 atom stereocenters. The minimum absolute atomic E-state index is 0.0135. The topological polar surface area (TPSA) is 97.1 Å². The number of carbonyl (C=O) groups excluding carboxylic acids is 1. The number of piperidine rings is 1. The summed E-state index contributed by atoms with van der Waals surface area (Å²) in [5.74, 6) is 0.136. The quantitative estimate of drug-likeness (QED) is 0.477. The van der Waals surface area contributed by atoms with Gasteiger partial charge < -0.3 is 19.6 Å². The Morgan fingerprint density at radius 2 is 1.82 bits per heavy atom. The summed E-state index contributed by atoms with van der Waals surface area (Å²) < 4.78 is 47.0. The number of aryl methyl sites for hydroxylation is 1. The lowest BCUT2D eigenvalue weighted by atomic mass is 10.0. The second-order valence-electron chi connectivity index (χ2n) is 9.89. The van der Waals surface area contributed by atoms with Gasteiger partial charge in [0.25, 0.3) is 5.91 Å². The van der Waals surface area contributed by atoms with Gasteiger partial charge in [-0.3, -0.25) is 9.69 Å². The fourth-order valence-electron chi connectivity index (χ4n) is 4.90. The third kappa shape index (κ3) is 5.23. The third-order valence-corrected chi connectivity index (χ3v) is 7.41. The molecular weight excluding hydrogens is 533 g/mol. The van der Waals surface area contributed by atoms with Gasteiger partial charge in [-0.05, 0) is 74.4 Å². The first kappa shape index (κ1) is 28.2. The molecule has 2 aliphatic heterocycles. The highest BCUT2D eigenvalue weighted by Gasteiger charge is 2.50. The van der Waals surface area contributed by atoms with Crippen molar-refractivity contribution in [3.05, 3.63) is 53.1 Å². The molecule has 2 saturated heterocycles. The van der Waals surface area contributed by atoms with Gasteiger partial charge in [-0.1, -0.05) is 6.92 Å². The molecule has 0 aliphatic carbocycles. The maximum atomic E-state index is 13.6. The zero-order valence-electron chi connectivity index (χ0n) is 21.6. The molecule has 2 aromatic rings. The number of alkyl halides is 3. The van der Waals surface area contributed by atoms with Crippen LogP contribution in [0.4, 0.5) is 29.3 Å². The summed E-state index contributed by atoms with van der Waals surface area (Å²) >= 11 is 5.63. The molecule has 4 rings (SSSR count). The standard InChI is InChI=1S/C27H27F3N4O4S/c1-4-16-13-19(7-8-22(16)38-20-9-11-32(12-10-20)25(36)37)34-24(39)33(23(35)26(34,2)3)18-6-5-17(15-31)21(14-18)27(28,29)30/h5-8,13-14,20H,4,9-12H2,1-3H3,(H,36,37). The van der Waals surface area contributed by atoms with Crippen LogP contribution in [0.3, 0.4) is 0 Å². The number of likely N-dealkylation sites (tertiary alicyclic amines) is 1. The molecule has 12 heteroatoms. The number of carbonyl (C=O) groups is 2. The van der Waals surface area contributed by atoms with E-state index in [4.69, 9.17) is 27.3 Å². The van der Waals surface area contributed by atoms with Crippen LogP contribution in [0.15, 0.2) is 36.4 Å². The van der Waals surface area contributed by atoms with E-state index in [-0.39, 0.29) is 16.9 Å². The Labute approximate surface area is 229 Å². The Hall–Kier alpha value is -3.85. The number of benzene rings is 2. The van der Waals surface area contributed by atoms with E-state index in [2.05, 4.69) is 0 Å². The van der Waals surface area contributed by atoms with Crippen molar-refractivity contribution in [3.63, 3.8) is 0 Å². The van der Waals surface area contributed by atoms with Crippen molar-refractivity contribution in [2.75, 3.05) is 22.9 Å². The zero-order chi connectivity index (χ0) is 28.7. The largest absolute Gasteiger partial charge is 0.490 e. The summed E-state index contributed by atoms with van der Waals surface area (Å²) in [5.41, 5.74) is -1.54. The van der Waals surface area contributed by atoms with Gasteiger partial charge in [0.05, 0.1) is 22.9 Å². The van der Waals surface area contributed by atoms with Crippen LogP contribution in [0.1, 0.15) is 50.3 Å². The Bertz CT molecular complexity index is 1360. The van der Waals surface area contributed by atoms with E-state index in [1.54, 1.807) is 36.9 Å². The fraction of sp³-hybridized carbons (Fsp3) is 0.407. The van der Waals surface area contributed by atoms with E-state index in [1.165, 1.54) is 11.0 Å². The van der Waals surface area contributed by atoms with Crippen molar-refractivity contribution in [2.24, 2.45) is 0 Å². The third-order valence-electron chi connectivity index (χ3n) is 7.04. The molecule has 0 saturated carbocycles. The molecule has 39 heavy (non-hydrogen) atoms. The number of nitrogens with zero attached hydrogens (tertiary/aromatic N) is 4. The summed E-state index contributed by atoms with van der Waals surface area (Å²) in [6, 6.07) is 9.98. The van der Waals surface area contributed by atoms with Crippen molar-refractivity contribution < 1.29 is 32.6 Å². The number of rotatable bonds is 5. The molecule has 2 heterocycles. The van der Waals surface area contributed by atoms with Gasteiger partial charge in [0.2, 0.25) is 0 Å². The maximum Gasteiger partial charge on any atom is 0.417 e. The van der Waals surface area contributed by atoms with Gasteiger partial charge >= 0.3 is 12.3 Å². The molecule has 0 bridgehead atoms. The van der Waals surface area contributed by atoms with Crippen molar-refractivity contribution in [2.45, 2.75) is 57.9 Å². The van der Waals surface area contributed by atoms with Gasteiger partial charge in [-0.2, -0.15) is 18.4 Å². The maximum absolute atomic E-state index is 13.6. The van der Waals surface area contributed by atoms with E-state index >= 15 is 0 Å². The van der Waals surface area contributed by atoms with Crippen molar-refractivity contribution in [1.29, 1.82) is 5.26 Å². The second kappa shape index (κ2) is 10.4. The van der Waals surface area contributed by atoms with Crippen LogP contribution < -0.4 is 14.5 Å². The summed E-state index contributed by atoms with van der Waals surface area (Å²) in [7, 11) is 0. The molecule has 0 spiro atoms. The summed E-state index contributed by atoms with van der Waals surface area (Å²) in [4.78, 5) is 28.7. The summed E-state index contributed by atoms with van der Waals surface area (Å²) in [5, 5.41) is 18.3. The first-order valence-corrected chi connectivity index (χ1v) is 12.8. The number of halogens is 3. The number of hydrogen-bond donors (Lipinski definition) is 1. The van der Waals surface area contributed by atoms with Crippen LogP contribution in [0.25, 0.3) is 0 Å². The van der Waals surface area contributed by atoms with Crippen molar-refractivity contribution >= 4 is 40.7 Å². The normalized spacial score (nSPS) is 17.9. The van der Waals surface area contributed by atoms with E-state index in [9.17, 15) is 22.8 Å². The first-order valence-electron chi connectivity index (χ1n) is 12.4. The average Bonchev–Trinajstić information content (AvgIpc) is 3.06. The number of hydrogen-bond acceptors (Lipinski definition) is 5. The smallest absolute Gasteiger partial charge is 0.417 e. The number of thiocarbonyl (C=S) groups is 1. The molecule has 1 N–H and O–H groups in total. The molecule has 0 radical (unpaired) electrons. The average molecular weight is 561 g/mol. The van der Waals surface area contributed by atoms with Crippen LogP contribution in [-0.4, -0.2) is 51.9 Å². The zero-order valence-corrected chi connectivity index (χ0v) is 22.4. The van der Waals surface area contributed by atoms with Crippen LogP contribution in [-0.2, 0) is 17.4 Å². The number of nitriles is 1. The molecule has 2 aromatic carbocycles. The van der Waals surface area contributed by atoms with Crippen LogP contribution in [0.5, 0.6) is 5.75 Å². The molecule has 8 nitrogen and oxygen atoms in total. The number of carboxylic acid groups (broad SMARTS) is 1. The highest BCUT2D eigenvalue weighted by molar-refractivity contribution is 7.81. The van der Waals surface area contributed by atoms with Gasteiger partial charge in [0.1, 0.15) is 17.4 Å².